The van der Waals surface area contributed by atoms with Crippen LogP contribution in [0.1, 0.15) is 18.4 Å². The molecule has 1 saturated heterocycles. The van der Waals surface area contributed by atoms with Gasteiger partial charge in [-0.3, -0.25) is 4.79 Å². The van der Waals surface area contributed by atoms with Crippen LogP contribution in [0.4, 0.5) is 4.79 Å². The van der Waals surface area contributed by atoms with E-state index in [0.717, 1.165) is 5.56 Å². The Balaban J connectivity index is 2.22. The highest BCUT2D eigenvalue weighted by Crippen LogP contribution is 2.26. The van der Waals surface area contributed by atoms with Gasteiger partial charge in [-0.25, -0.2) is 4.79 Å². The number of piperidine rings is 1. The predicted octanol–water partition coefficient (Wildman–Crippen LogP) is 1.49. The molecule has 8 heteroatoms. The van der Waals surface area contributed by atoms with Crippen LogP contribution in [0, 0.1) is 0 Å². The summed E-state index contributed by atoms with van der Waals surface area (Å²) >= 11 is 5.93. The first kappa shape index (κ1) is 19.5. The third kappa shape index (κ3) is 5.32. The van der Waals surface area contributed by atoms with Crippen molar-refractivity contribution in [3.8, 4) is 0 Å². The molecule has 0 unspecified atom stereocenters. The standard InChI is InChI=1S/C17H24ClN3O4/c1-25-10-14(19)15(22)20-17(7-2-8-21(11-17)16(23)24)9-12-3-5-13(18)6-4-12/h3-6,14H,2,7-11,19H2,1H3,(H,20,22)(H,23,24)/t14-,17+/m0/s1. The van der Waals surface area contributed by atoms with Crippen LogP contribution in [0.5, 0.6) is 0 Å². The number of halogens is 1. The number of benzene rings is 1. The molecule has 4 N–H and O–H groups in total. The van der Waals surface area contributed by atoms with Crippen LogP contribution >= 0.6 is 11.6 Å². The van der Waals surface area contributed by atoms with Crippen molar-refractivity contribution in [3.63, 3.8) is 0 Å². The van der Waals surface area contributed by atoms with Crippen molar-refractivity contribution in [2.75, 3.05) is 26.8 Å². The summed E-state index contributed by atoms with van der Waals surface area (Å²) in [6.07, 6.45) is 0.847. The Hall–Kier alpha value is -1.83. The van der Waals surface area contributed by atoms with Crippen molar-refractivity contribution in [1.82, 2.24) is 10.2 Å². The second-order valence-corrected chi connectivity index (χ2v) is 6.88. The first-order chi connectivity index (χ1) is 11.8. The molecule has 7 nitrogen and oxygen atoms in total. The third-order valence-electron chi connectivity index (χ3n) is 4.37. The maximum atomic E-state index is 12.4. The largest absolute Gasteiger partial charge is 0.465 e. The normalized spacial score (nSPS) is 21.6. The first-order valence-electron chi connectivity index (χ1n) is 8.14. The van der Waals surface area contributed by atoms with E-state index in [-0.39, 0.29) is 19.1 Å². The van der Waals surface area contributed by atoms with Crippen LogP contribution in [0.2, 0.25) is 5.02 Å². The molecule has 138 valence electrons. The highest BCUT2D eigenvalue weighted by molar-refractivity contribution is 6.30. The number of carbonyl (C=O) groups is 2. The Morgan fingerprint density at radius 3 is 2.72 bits per heavy atom. The number of hydrogen-bond acceptors (Lipinski definition) is 4. The summed E-state index contributed by atoms with van der Waals surface area (Å²) in [7, 11) is 1.48. The summed E-state index contributed by atoms with van der Waals surface area (Å²) in [4.78, 5) is 25.2. The average Bonchev–Trinajstić information content (AvgIpc) is 2.57. The summed E-state index contributed by atoms with van der Waals surface area (Å²) in [6, 6.07) is 6.52. The summed E-state index contributed by atoms with van der Waals surface area (Å²) in [5.41, 5.74) is 6.10. The number of methoxy groups -OCH3 is 1. The van der Waals surface area contributed by atoms with Crippen molar-refractivity contribution in [3.05, 3.63) is 34.9 Å². The Morgan fingerprint density at radius 2 is 2.12 bits per heavy atom. The van der Waals surface area contributed by atoms with Gasteiger partial charge in [0.2, 0.25) is 5.91 Å². The molecule has 0 aliphatic carbocycles. The molecule has 0 spiro atoms. The van der Waals surface area contributed by atoms with E-state index >= 15 is 0 Å². The lowest BCUT2D eigenvalue weighted by Crippen LogP contribution is -2.63. The number of nitrogens with two attached hydrogens (primary N) is 1. The number of amides is 2. The van der Waals surface area contributed by atoms with Gasteiger partial charge in [0.1, 0.15) is 6.04 Å². The van der Waals surface area contributed by atoms with E-state index < -0.39 is 17.7 Å². The minimum absolute atomic E-state index is 0.103. The number of hydrogen-bond donors (Lipinski definition) is 3. The first-order valence-corrected chi connectivity index (χ1v) is 8.52. The number of carbonyl (C=O) groups excluding carboxylic acids is 1. The molecule has 0 bridgehead atoms. The number of ether oxygens (including phenoxy) is 1. The van der Waals surface area contributed by atoms with E-state index in [9.17, 15) is 14.7 Å². The number of carboxylic acid groups (broad SMARTS) is 1. The van der Waals surface area contributed by atoms with Gasteiger partial charge in [-0.2, -0.15) is 0 Å². The number of nitrogens with one attached hydrogen (secondary N) is 1. The molecule has 2 rings (SSSR count). The molecule has 25 heavy (non-hydrogen) atoms. The Bertz CT molecular complexity index is 610. The molecule has 2 amide bonds. The highest BCUT2D eigenvalue weighted by atomic mass is 35.5. The molecule has 0 saturated carbocycles. The van der Waals surface area contributed by atoms with Crippen LogP contribution in [0.3, 0.4) is 0 Å². The van der Waals surface area contributed by atoms with Crippen LogP contribution in [-0.2, 0) is 16.0 Å². The summed E-state index contributed by atoms with van der Waals surface area (Å²) in [6.45, 7) is 0.777. The number of likely N-dealkylation sites (tertiary alicyclic amines) is 1. The van der Waals surface area contributed by atoms with Crippen molar-refractivity contribution in [2.24, 2.45) is 5.73 Å². The molecular weight excluding hydrogens is 346 g/mol. The molecule has 1 aliphatic rings. The van der Waals surface area contributed by atoms with E-state index in [0.29, 0.717) is 30.8 Å². The van der Waals surface area contributed by atoms with Gasteiger partial charge in [0, 0.05) is 25.2 Å². The lowest BCUT2D eigenvalue weighted by molar-refractivity contribution is -0.126. The van der Waals surface area contributed by atoms with E-state index in [4.69, 9.17) is 22.1 Å². The van der Waals surface area contributed by atoms with Gasteiger partial charge in [-0.05, 0) is 37.0 Å². The maximum Gasteiger partial charge on any atom is 0.407 e. The topological polar surface area (TPSA) is 105 Å². The van der Waals surface area contributed by atoms with E-state index in [1.807, 2.05) is 12.1 Å². The minimum atomic E-state index is -0.990. The van der Waals surface area contributed by atoms with Crippen molar-refractivity contribution in [2.45, 2.75) is 30.8 Å². The average molecular weight is 370 g/mol. The van der Waals surface area contributed by atoms with Crippen LogP contribution < -0.4 is 11.1 Å². The zero-order valence-electron chi connectivity index (χ0n) is 14.2. The zero-order chi connectivity index (χ0) is 18.4. The van der Waals surface area contributed by atoms with Gasteiger partial charge >= 0.3 is 6.09 Å². The molecule has 1 heterocycles. The van der Waals surface area contributed by atoms with Gasteiger partial charge in [0.25, 0.3) is 0 Å². The van der Waals surface area contributed by atoms with Crippen LogP contribution in [-0.4, -0.2) is 60.4 Å². The summed E-state index contributed by atoms with van der Waals surface area (Å²) in [5.74, 6) is -0.344. The fourth-order valence-corrected chi connectivity index (χ4v) is 3.31. The van der Waals surface area contributed by atoms with Gasteiger partial charge in [0.15, 0.2) is 0 Å². The molecule has 0 aromatic heterocycles. The Morgan fingerprint density at radius 1 is 1.44 bits per heavy atom. The molecular formula is C17H24ClN3O4. The minimum Gasteiger partial charge on any atom is -0.465 e. The fourth-order valence-electron chi connectivity index (χ4n) is 3.19. The van der Waals surface area contributed by atoms with Gasteiger partial charge in [-0.15, -0.1) is 0 Å². The third-order valence-corrected chi connectivity index (χ3v) is 4.63. The predicted molar refractivity (Wildman–Crippen MR) is 94.7 cm³/mol. The van der Waals surface area contributed by atoms with Crippen LogP contribution in [0.15, 0.2) is 24.3 Å². The quantitative estimate of drug-likeness (QED) is 0.704. The molecule has 1 aromatic carbocycles. The zero-order valence-corrected chi connectivity index (χ0v) is 15.0. The van der Waals surface area contributed by atoms with Crippen molar-refractivity contribution in [1.29, 1.82) is 0 Å². The molecule has 1 aliphatic heterocycles. The Labute approximate surface area is 152 Å². The highest BCUT2D eigenvalue weighted by Gasteiger charge is 2.39. The molecule has 0 radical (unpaired) electrons. The van der Waals surface area contributed by atoms with E-state index in [1.165, 1.54) is 12.0 Å². The van der Waals surface area contributed by atoms with Crippen molar-refractivity contribution < 1.29 is 19.4 Å². The molecule has 1 fully saturated rings. The lowest BCUT2D eigenvalue weighted by Gasteiger charge is -2.43. The smallest absolute Gasteiger partial charge is 0.407 e. The Kier molecular flexibility index (Phi) is 6.64. The van der Waals surface area contributed by atoms with Crippen molar-refractivity contribution >= 4 is 23.6 Å². The van der Waals surface area contributed by atoms with E-state index in [2.05, 4.69) is 5.32 Å². The second kappa shape index (κ2) is 8.51. The van der Waals surface area contributed by atoms with Gasteiger partial charge in [-0.1, -0.05) is 23.7 Å². The van der Waals surface area contributed by atoms with Gasteiger partial charge in [0.05, 0.1) is 12.1 Å². The SMILES string of the molecule is COC[C@H](N)C(=O)N[C@@]1(Cc2ccc(Cl)cc2)CCCN(C(=O)O)C1. The van der Waals surface area contributed by atoms with Gasteiger partial charge < -0.3 is 25.8 Å². The molecule has 1 aromatic rings. The molecule has 2 atom stereocenters. The van der Waals surface area contributed by atoms with E-state index in [1.54, 1.807) is 12.1 Å². The summed E-state index contributed by atoms with van der Waals surface area (Å²) < 4.78 is 4.93. The fraction of sp³-hybridized carbons (Fsp3) is 0.529. The lowest BCUT2D eigenvalue weighted by atomic mass is 9.83. The van der Waals surface area contributed by atoms with Crippen LogP contribution in [0.25, 0.3) is 0 Å². The second-order valence-electron chi connectivity index (χ2n) is 6.44. The maximum absolute atomic E-state index is 12.4. The summed E-state index contributed by atoms with van der Waals surface area (Å²) in [5, 5.41) is 13.0. The number of rotatable bonds is 6. The number of nitrogens with zero attached hydrogens (tertiary/aromatic N) is 1. The monoisotopic (exact) mass is 369 g/mol.